The highest BCUT2D eigenvalue weighted by molar-refractivity contribution is 6.00. The first-order chi connectivity index (χ1) is 14.4. The summed E-state index contributed by atoms with van der Waals surface area (Å²) in [6.07, 6.45) is 6.56. The second-order valence-electron chi connectivity index (χ2n) is 8.04. The summed E-state index contributed by atoms with van der Waals surface area (Å²) in [5, 5.41) is 6.95. The minimum Gasteiger partial charge on any atom is -0.469 e. The lowest BCUT2D eigenvalue weighted by molar-refractivity contribution is -0.146. The zero-order chi connectivity index (χ0) is 21.7. The maximum absolute atomic E-state index is 13.0. The first kappa shape index (κ1) is 21.9. The molecule has 2 amide bonds. The Hall–Kier alpha value is -2.83. The van der Waals surface area contributed by atoms with Crippen molar-refractivity contribution in [3.05, 3.63) is 36.0 Å². The van der Waals surface area contributed by atoms with Gasteiger partial charge in [-0.2, -0.15) is 0 Å². The molecule has 3 rings (SSSR count). The zero-order valence-electron chi connectivity index (χ0n) is 17.9. The van der Waals surface area contributed by atoms with Crippen LogP contribution in [-0.4, -0.2) is 41.5 Å². The molecule has 1 heterocycles. The first-order valence-corrected chi connectivity index (χ1v) is 10.7. The number of carbonyl (C=O) groups excluding carboxylic acids is 3. The molecule has 2 aromatic rings. The number of aromatic nitrogens is 1. The van der Waals surface area contributed by atoms with Crippen LogP contribution in [0.15, 0.2) is 30.5 Å². The van der Waals surface area contributed by atoms with E-state index in [0.717, 1.165) is 36.6 Å². The van der Waals surface area contributed by atoms with Crippen LogP contribution in [0.5, 0.6) is 0 Å². The van der Waals surface area contributed by atoms with Crippen LogP contribution in [0.3, 0.4) is 0 Å². The zero-order valence-corrected chi connectivity index (χ0v) is 17.9. The van der Waals surface area contributed by atoms with Gasteiger partial charge in [-0.15, -0.1) is 0 Å². The Labute approximate surface area is 177 Å². The van der Waals surface area contributed by atoms with Gasteiger partial charge in [0.15, 0.2) is 0 Å². The van der Waals surface area contributed by atoms with Gasteiger partial charge in [-0.05, 0) is 42.8 Å². The van der Waals surface area contributed by atoms with Gasteiger partial charge >= 0.3 is 5.97 Å². The Kier molecular flexibility index (Phi) is 7.13. The number of hydrogen-bond acceptors (Lipinski definition) is 4. The van der Waals surface area contributed by atoms with Gasteiger partial charge in [-0.25, -0.2) is 0 Å². The molecule has 30 heavy (non-hydrogen) atoms. The smallest absolute Gasteiger partial charge is 0.310 e. The van der Waals surface area contributed by atoms with Gasteiger partial charge in [0.25, 0.3) is 5.91 Å². The van der Waals surface area contributed by atoms with E-state index in [1.807, 2.05) is 42.9 Å². The lowest BCUT2D eigenvalue weighted by Crippen LogP contribution is -2.51. The van der Waals surface area contributed by atoms with Crippen LogP contribution in [0.2, 0.25) is 0 Å². The molecule has 1 saturated carbocycles. The Morgan fingerprint density at radius 1 is 1.23 bits per heavy atom. The van der Waals surface area contributed by atoms with Crippen molar-refractivity contribution in [2.24, 2.45) is 13.0 Å². The molecule has 7 heteroatoms. The molecule has 0 bridgehead atoms. The second-order valence-corrected chi connectivity index (χ2v) is 8.04. The van der Waals surface area contributed by atoms with Crippen LogP contribution < -0.4 is 10.6 Å². The molecule has 0 saturated heterocycles. The normalized spacial score (nSPS) is 19.4. The molecule has 1 aromatic carbocycles. The lowest BCUT2D eigenvalue weighted by atomic mass is 10.0. The van der Waals surface area contributed by atoms with E-state index < -0.39 is 6.04 Å². The summed E-state index contributed by atoms with van der Waals surface area (Å²) in [5.41, 5.74) is 1.48. The minimum atomic E-state index is -0.638. The largest absolute Gasteiger partial charge is 0.469 e. The van der Waals surface area contributed by atoms with E-state index >= 15 is 0 Å². The van der Waals surface area contributed by atoms with Gasteiger partial charge in [0.05, 0.1) is 13.0 Å². The maximum Gasteiger partial charge on any atom is 0.310 e. The van der Waals surface area contributed by atoms with Crippen LogP contribution in [0.1, 0.15) is 55.8 Å². The average molecular weight is 414 g/mol. The number of esters is 1. The topological polar surface area (TPSA) is 89.4 Å². The van der Waals surface area contributed by atoms with Gasteiger partial charge in [-0.3, -0.25) is 14.4 Å². The number of carbonyl (C=O) groups is 3. The predicted octanol–water partition coefficient (Wildman–Crippen LogP) is 2.92. The molecular formula is C23H31N3O4. The molecule has 1 aromatic heterocycles. The molecule has 0 unspecified atom stereocenters. The summed E-state index contributed by atoms with van der Waals surface area (Å²) >= 11 is 0. The number of methoxy groups -OCH3 is 1. The van der Waals surface area contributed by atoms with E-state index in [4.69, 9.17) is 4.74 Å². The van der Waals surface area contributed by atoms with E-state index in [2.05, 4.69) is 10.6 Å². The fourth-order valence-corrected chi connectivity index (χ4v) is 4.17. The van der Waals surface area contributed by atoms with E-state index in [1.54, 1.807) is 6.07 Å². The third-order valence-corrected chi connectivity index (χ3v) is 5.97. The van der Waals surface area contributed by atoms with Crippen molar-refractivity contribution >= 4 is 28.7 Å². The van der Waals surface area contributed by atoms with Gasteiger partial charge < -0.3 is 19.9 Å². The number of hydrogen-bond donors (Lipinski definition) is 2. The number of benzene rings is 1. The predicted molar refractivity (Wildman–Crippen MR) is 115 cm³/mol. The van der Waals surface area contributed by atoms with Crippen molar-refractivity contribution in [3.8, 4) is 0 Å². The summed E-state index contributed by atoms with van der Waals surface area (Å²) in [7, 11) is 3.30. The molecule has 2 N–H and O–H groups in total. The molecule has 1 fully saturated rings. The van der Waals surface area contributed by atoms with Crippen molar-refractivity contribution in [2.75, 3.05) is 7.11 Å². The fourth-order valence-electron chi connectivity index (χ4n) is 4.17. The molecule has 3 atom stereocenters. The Bertz CT molecular complexity index is 920. The average Bonchev–Trinajstić information content (AvgIpc) is 3.36. The van der Waals surface area contributed by atoms with Crippen molar-refractivity contribution < 1.29 is 19.1 Å². The van der Waals surface area contributed by atoms with Crippen LogP contribution in [0.25, 0.3) is 10.9 Å². The summed E-state index contributed by atoms with van der Waals surface area (Å²) < 4.78 is 6.83. The standard InChI is InChI=1S/C23H31N3O4/c1-4-5-8-19(22(28)24-18-9-6-7-17(18)23(29)30-3)25-21(27)16-11-10-15-12-13-26(2)20(15)14-16/h10-14,17-19H,4-9H2,1-3H3,(H,24,28)(H,25,27)/t17-,18+,19+/m1/s1. The number of aryl methyl sites for hydroxylation is 1. The number of unbranched alkanes of at least 4 members (excludes halogenated alkanes) is 1. The van der Waals surface area contributed by atoms with Crippen molar-refractivity contribution in [2.45, 2.75) is 57.5 Å². The van der Waals surface area contributed by atoms with E-state index in [-0.39, 0.29) is 29.7 Å². The summed E-state index contributed by atoms with van der Waals surface area (Å²) in [5.74, 6) is -1.12. The molecule has 0 radical (unpaired) electrons. The SMILES string of the molecule is CCCC[C@H](NC(=O)c1ccc2ccn(C)c2c1)C(=O)N[C@H]1CCC[C@H]1C(=O)OC. The van der Waals surface area contributed by atoms with Crippen LogP contribution >= 0.6 is 0 Å². The lowest BCUT2D eigenvalue weighted by Gasteiger charge is -2.24. The van der Waals surface area contributed by atoms with E-state index in [0.29, 0.717) is 18.4 Å². The number of fused-ring (bicyclic) bond motifs is 1. The number of nitrogens with zero attached hydrogens (tertiary/aromatic N) is 1. The van der Waals surface area contributed by atoms with Crippen LogP contribution in [0, 0.1) is 5.92 Å². The van der Waals surface area contributed by atoms with E-state index in [9.17, 15) is 14.4 Å². The number of ether oxygens (including phenoxy) is 1. The quantitative estimate of drug-likeness (QED) is 0.651. The van der Waals surface area contributed by atoms with Gasteiger partial charge in [0, 0.05) is 30.4 Å². The number of amides is 2. The van der Waals surface area contributed by atoms with Gasteiger partial charge in [0.1, 0.15) is 6.04 Å². The fraction of sp³-hybridized carbons (Fsp3) is 0.522. The third kappa shape index (κ3) is 4.83. The highest BCUT2D eigenvalue weighted by atomic mass is 16.5. The number of rotatable bonds is 8. The van der Waals surface area contributed by atoms with E-state index in [1.165, 1.54) is 7.11 Å². The van der Waals surface area contributed by atoms with Crippen molar-refractivity contribution in [1.82, 2.24) is 15.2 Å². The van der Waals surface area contributed by atoms with Crippen LogP contribution in [0.4, 0.5) is 0 Å². The Balaban J connectivity index is 1.71. The second kappa shape index (κ2) is 9.78. The van der Waals surface area contributed by atoms with Gasteiger partial charge in [0.2, 0.25) is 5.91 Å². The molecular weight excluding hydrogens is 382 g/mol. The molecule has 0 aliphatic heterocycles. The molecule has 1 aliphatic rings. The third-order valence-electron chi connectivity index (χ3n) is 5.97. The first-order valence-electron chi connectivity index (χ1n) is 10.7. The molecule has 7 nitrogen and oxygen atoms in total. The summed E-state index contributed by atoms with van der Waals surface area (Å²) in [6.45, 7) is 2.05. The summed E-state index contributed by atoms with van der Waals surface area (Å²) in [6, 6.07) is 6.63. The Morgan fingerprint density at radius 3 is 2.77 bits per heavy atom. The minimum absolute atomic E-state index is 0.238. The summed E-state index contributed by atoms with van der Waals surface area (Å²) in [4.78, 5) is 37.8. The highest BCUT2D eigenvalue weighted by Gasteiger charge is 2.36. The maximum atomic E-state index is 13.0. The molecule has 1 aliphatic carbocycles. The van der Waals surface area contributed by atoms with Gasteiger partial charge in [-0.1, -0.05) is 32.3 Å². The highest BCUT2D eigenvalue weighted by Crippen LogP contribution is 2.27. The van der Waals surface area contributed by atoms with Crippen molar-refractivity contribution in [1.29, 1.82) is 0 Å². The molecule has 0 spiro atoms. The Morgan fingerprint density at radius 2 is 2.03 bits per heavy atom. The monoisotopic (exact) mass is 413 g/mol. The van der Waals surface area contributed by atoms with Crippen molar-refractivity contribution in [3.63, 3.8) is 0 Å². The molecule has 162 valence electrons. The number of nitrogens with one attached hydrogen (secondary N) is 2. The van der Waals surface area contributed by atoms with Crippen LogP contribution in [-0.2, 0) is 21.4 Å².